The molecular formula is C13H14N4O2. The molecule has 2 aromatic rings. The van der Waals surface area contributed by atoms with Crippen molar-refractivity contribution in [3.8, 4) is 0 Å². The van der Waals surface area contributed by atoms with E-state index in [1.165, 1.54) is 0 Å². The standard InChI is InChI=1S/C13H14N4O2/c14-13-15-11-7-10(5-6-17(11)16-13)8-1-3-9(4-2-8)12(18)19/h1-4,10H,5-7H2,(H2,14,16)(H,18,19). The largest absolute Gasteiger partial charge is 0.478 e. The third-order valence-electron chi connectivity index (χ3n) is 3.51. The molecule has 0 spiro atoms. The van der Waals surface area contributed by atoms with E-state index in [4.69, 9.17) is 10.8 Å². The summed E-state index contributed by atoms with van der Waals surface area (Å²) >= 11 is 0. The third kappa shape index (κ3) is 2.16. The lowest BCUT2D eigenvalue weighted by atomic mass is 9.90. The fourth-order valence-corrected chi connectivity index (χ4v) is 2.51. The fourth-order valence-electron chi connectivity index (χ4n) is 2.51. The van der Waals surface area contributed by atoms with Crippen LogP contribution < -0.4 is 5.73 Å². The first-order valence-electron chi connectivity index (χ1n) is 6.16. The lowest BCUT2D eigenvalue weighted by Gasteiger charge is -2.22. The zero-order chi connectivity index (χ0) is 13.4. The molecular weight excluding hydrogens is 244 g/mol. The summed E-state index contributed by atoms with van der Waals surface area (Å²) in [5.41, 5.74) is 7.04. The maximum absolute atomic E-state index is 10.8. The third-order valence-corrected chi connectivity index (χ3v) is 3.51. The molecule has 3 N–H and O–H groups in total. The van der Waals surface area contributed by atoms with E-state index in [0.29, 0.717) is 17.4 Å². The van der Waals surface area contributed by atoms with E-state index in [9.17, 15) is 4.79 Å². The summed E-state index contributed by atoms with van der Waals surface area (Å²) < 4.78 is 1.84. The second kappa shape index (κ2) is 4.38. The van der Waals surface area contributed by atoms with Crippen LogP contribution in [0.1, 0.15) is 34.1 Å². The molecule has 3 rings (SSSR count). The van der Waals surface area contributed by atoms with E-state index in [1.807, 2.05) is 16.8 Å². The Morgan fingerprint density at radius 2 is 2.11 bits per heavy atom. The lowest BCUT2D eigenvalue weighted by Crippen LogP contribution is -2.19. The van der Waals surface area contributed by atoms with Gasteiger partial charge in [0.05, 0.1) is 5.56 Å². The number of rotatable bonds is 2. The van der Waals surface area contributed by atoms with Gasteiger partial charge in [-0.05, 0) is 30.0 Å². The molecule has 0 bridgehead atoms. The number of hydrogen-bond acceptors (Lipinski definition) is 4. The Morgan fingerprint density at radius 3 is 2.79 bits per heavy atom. The molecule has 0 fully saturated rings. The number of hydrogen-bond donors (Lipinski definition) is 2. The number of aryl methyl sites for hydroxylation is 1. The number of nitrogen functional groups attached to an aromatic ring is 1. The van der Waals surface area contributed by atoms with Crippen molar-refractivity contribution in [2.75, 3.05) is 5.73 Å². The minimum atomic E-state index is -0.900. The predicted octanol–water partition coefficient (Wildman–Crippen LogP) is 1.29. The second-order valence-corrected chi connectivity index (χ2v) is 4.73. The van der Waals surface area contributed by atoms with Crippen LogP contribution in [-0.2, 0) is 13.0 Å². The van der Waals surface area contributed by atoms with Crippen molar-refractivity contribution in [3.05, 3.63) is 41.2 Å². The van der Waals surface area contributed by atoms with Crippen molar-refractivity contribution < 1.29 is 9.90 Å². The molecule has 19 heavy (non-hydrogen) atoms. The number of carboxylic acid groups (broad SMARTS) is 1. The number of aromatic carboxylic acids is 1. The summed E-state index contributed by atoms with van der Waals surface area (Å²) in [6, 6.07) is 7.05. The first-order valence-corrected chi connectivity index (χ1v) is 6.16. The van der Waals surface area contributed by atoms with Crippen LogP contribution in [0.25, 0.3) is 0 Å². The molecule has 1 atom stereocenters. The molecule has 0 saturated heterocycles. The predicted molar refractivity (Wildman–Crippen MR) is 68.9 cm³/mol. The number of fused-ring (bicyclic) bond motifs is 1. The van der Waals surface area contributed by atoms with Gasteiger partial charge in [0.1, 0.15) is 5.82 Å². The summed E-state index contributed by atoms with van der Waals surface area (Å²) in [7, 11) is 0. The Hall–Kier alpha value is -2.37. The molecule has 2 heterocycles. The number of anilines is 1. The van der Waals surface area contributed by atoms with Crippen LogP contribution in [0.4, 0.5) is 5.95 Å². The number of nitrogens with zero attached hydrogens (tertiary/aromatic N) is 3. The van der Waals surface area contributed by atoms with Crippen molar-refractivity contribution in [1.82, 2.24) is 14.8 Å². The number of nitrogens with two attached hydrogens (primary N) is 1. The van der Waals surface area contributed by atoms with E-state index in [-0.39, 0.29) is 0 Å². The van der Waals surface area contributed by atoms with Crippen molar-refractivity contribution in [1.29, 1.82) is 0 Å². The van der Waals surface area contributed by atoms with Crippen LogP contribution in [0.2, 0.25) is 0 Å². The van der Waals surface area contributed by atoms with Gasteiger partial charge < -0.3 is 10.8 Å². The van der Waals surface area contributed by atoms with Crippen LogP contribution in [0.5, 0.6) is 0 Å². The van der Waals surface area contributed by atoms with E-state index >= 15 is 0 Å². The summed E-state index contributed by atoms with van der Waals surface area (Å²) in [4.78, 5) is 15.0. The Morgan fingerprint density at radius 1 is 1.37 bits per heavy atom. The average molecular weight is 258 g/mol. The van der Waals surface area contributed by atoms with Gasteiger partial charge in [0.15, 0.2) is 0 Å². The van der Waals surface area contributed by atoms with Crippen molar-refractivity contribution in [2.24, 2.45) is 0 Å². The zero-order valence-electron chi connectivity index (χ0n) is 10.3. The van der Waals surface area contributed by atoms with Crippen LogP contribution >= 0.6 is 0 Å². The Balaban J connectivity index is 1.82. The van der Waals surface area contributed by atoms with Gasteiger partial charge >= 0.3 is 5.97 Å². The molecule has 6 heteroatoms. The van der Waals surface area contributed by atoms with Gasteiger partial charge in [0.25, 0.3) is 0 Å². The minimum absolute atomic E-state index is 0.312. The number of carboxylic acids is 1. The minimum Gasteiger partial charge on any atom is -0.478 e. The van der Waals surface area contributed by atoms with Gasteiger partial charge in [-0.3, -0.25) is 0 Å². The molecule has 0 aliphatic carbocycles. The molecule has 0 saturated carbocycles. The monoisotopic (exact) mass is 258 g/mol. The molecule has 1 aliphatic rings. The van der Waals surface area contributed by atoms with E-state index in [2.05, 4.69) is 10.1 Å². The second-order valence-electron chi connectivity index (χ2n) is 4.73. The molecule has 1 aromatic heterocycles. The van der Waals surface area contributed by atoms with Gasteiger partial charge in [-0.1, -0.05) is 12.1 Å². The number of carbonyl (C=O) groups is 1. The highest BCUT2D eigenvalue weighted by Crippen LogP contribution is 2.28. The van der Waals surface area contributed by atoms with Crippen molar-refractivity contribution in [3.63, 3.8) is 0 Å². The summed E-state index contributed by atoms with van der Waals surface area (Å²) in [6.07, 6.45) is 1.75. The van der Waals surface area contributed by atoms with E-state index < -0.39 is 5.97 Å². The molecule has 1 aliphatic heterocycles. The maximum Gasteiger partial charge on any atom is 0.335 e. The number of aromatic nitrogens is 3. The molecule has 0 radical (unpaired) electrons. The van der Waals surface area contributed by atoms with Gasteiger partial charge in [-0.2, -0.15) is 4.98 Å². The first kappa shape index (κ1) is 11.7. The highest BCUT2D eigenvalue weighted by atomic mass is 16.4. The summed E-state index contributed by atoms with van der Waals surface area (Å²) in [5, 5.41) is 13.0. The summed E-state index contributed by atoms with van der Waals surface area (Å²) in [5.74, 6) is 0.662. The van der Waals surface area contributed by atoms with Crippen LogP contribution in [0.3, 0.4) is 0 Å². The molecule has 6 nitrogen and oxygen atoms in total. The Kier molecular flexibility index (Phi) is 2.70. The quantitative estimate of drug-likeness (QED) is 0.846. The molecule has 1 aromatic carbocycles. The normalized spacial score (nSPS) is 18.0. The topological polar surface area (TPSA) is 94.0 Å². The van der Waals surface area contributed by atoms with Crippen LogP contribution in [0, 0.1) is 0 Å². The molecule has 98 valence electrons. The molecule has 0 amide bonds. The zero-order valence-corrected chi connectivity index (χ0v) is 10.3. The van der Waals surface area contributed by atoms with Gasteiger partial charge in [-0.25, -0.2) is 9.48 Å². The number of benzene rings is 1. The van der Waals surface area contributed by atoms with Crippen LogP contribution in [0.15, 0.2) is 24.3 Å². The fraction of sp³-hybridized carbons (Fsp3) is 0.308. The SMILES string of the molecule is Nc1nc2n(n1)CCC(c1ccc(C(=O)O)cc1)C2. The van der Waals surface area contributed by atoms with Crippen molar-refractivity contribution in [2.45, 2.75) is 25.3 Å². The highest BCUT2D eigenvalue weighted by molar-refractivity contribution is 5.87. The van der Waals surface area contributed by atoms with Crippen molar-refractivity contribution >= 4 is 11.9 Å². The lowest BCUT2D eigenvalue weighted by molar-refractivity contribution is 0.0697. The van der Waals surface area contributed by atoms with Gasteiger partial charge in [-0.15, -0.1) is 5.10 Å². The average Bonchev–Trinajstić information content (AvgIpc) is 2.77. The maximum atomic E-state index is 10.8. The van der Waals surface area contributed by atoms with E-state index in [0.717, 1.165) is 30.8 Å². The Labute approximate surface area is 109 Å². The highest BCUT2D eigenvalue weighted by Gasteiger charge is 2.22. The van der Waals surface area contributed by atoms with E-state index in [1.54, 1.807) is 12.1 Å². The van der Waals surface area contributed by atoms with Crippen LogP contribution in [-0.4, -0.2) is 25.8 Å². The Bertz CT molecular complexity index is 618. The van der Waals surface area contributed by atoms with Gasteiger partial charge in [0.2, 0.25) is 5.95 Å². The summed E-state index contributed by atoms with van der Waals surface area (Å²) in [6.45, 7) is 0.797. The molecule has 1 unspecified atom stereocenters. The first-order chi connectivity index (χ1) is 9.13. The van der Waals surface area contributed by atoms with Gasteiger partial charge in [0, 0.05) is 13.0 Å². The smallest absolute Gasteiger partial charge is 0.335 e.